The van der Waals surface area contributed by atoms with Crippen LogP contribution in [0.4, 0.5) is 0 Å². The molecule has 6 rings (SSSR count). The summed E-state index contributed by atoms with van der Waals surface area (Å²) in [4.78, 5) is 2.33. The molecule has 8 atom stereocenters. The molecule has 0 spiro atoms. The zero-order chi connectivity index (χ0) is 25.6. The second-order valence-corrected chi connectivity index (χ2v) is 10.6. The quantitative estimate of drug-likeness (QED) is 0.616. The van der Waals surface area contributed by atoms with E-state index >= 15 is 0 Å². The SMILES string of the molecule is CO[C@H]1O[C@@H]2CO[C@@H](c3ccccc3)O[C@H]2[C@H](O)/C1=C\[C@@H]1[C@H]2OC(C)(C)O[C@H]2CN1Cc1ccccc1. The lowest BCUT2D eigenvalue weighted by atomic mass is 9.92. The normalized spacial score (nSPS) is 38.4. The Kier molecular flexibility index (Phi) is 6.94. The van der Waals surface area contributed by atoms with Crippen molar-refractivity contribution < 1.29 is 33.5 Å². The molecule has 1 N–H and O–H groups in total. The summed E-state index contributed by atoms with van der Waals surface area (Å²) in [6.07, 6.45) is -1.45. The second-order valence-electron chi connectivity index (χ2n) is 10.6. The van der Waals surface area contributed by atoms with Gasteiger partial charge in [-0.2, -0.15) is 0 Å². The fourth-order valence-electron chi connectivity index (χ4n) is 5.90. The largest absolute Gasteiger partial charge is 0.386 e. The summed E-state index contributed by atoms with van der Waals surface area (Å²) in [6.45, 7) is 5.64. The highest BCUT2D eigenvalue weighted by atomic mass is 16.8. The molecule has 4 aliphatic rings. The Morgan fingerprint density at radius 3 is 2.43 bits per heavy atom. The van der Waals surface area contributed by atoms with Crippen molar-refractivity contribution in [3.8, 4) is 0 Å². The molecule has 0 aromatic heterocycles. The summed E-state index contributed by atoms with van der Waals surface area (Å²) in [7, 11) is 1.58. The fourth-order valence-corrected chi connectivity index (χ4v) is 5.90. The Morgan fingerprint density at radius 2 is 1.70 bits per heavy atom. The van der Waals surface area contributed by atoms with Crippen LogP contribution < -0.4 is 0 Å². The predicted octanol–water partition coefficient (Wildman–Crippen LogP) is 3.16. The van der Waals surface area contributed by atoms with Gasteiger partial charge in [0.1, 0.15) is 30.5 Å². The minimum Gasteiger partial charge on any atom is -0.386 e. The van der Waals surface area contributed by atoms with Gasteiger partial charge in [0, 0.05) is 31.3 Å². The lowest BCUT2D eigenvalue weighted by Gasteiger charge is -2.45. The van der Waals surface area contributed by atoms with Crippen LogP contribution >= 0.6 is 0 Å². The molecule has 2 aromatic rings. The molecule has 4 aliphatic heterocycles. The molecule has 0 aliphatic carbocycles. The van der Waals surface area contributed by atoms with Gasteiger partial charge in [-0.15, -0.1) is 0 Å². The van der Waals surface area contributed by atoms with Gasteiger partial charge in [-0.05, 0) is 19.4 Å². The Labute approximate surface area is 217 Å². The van der Waals surface area contributed by atoms with Crippen molar-refractivity contribution in [2.75, 3.05) is 20.3 Å². The maximum absolute atomic E-state index is 11.6. The summed E-state index contributed by atoms with van der Waals surface area (Å²) < 4.78 is 36.7. The van der Waals surface area contributed by atoms with E-state index in [1.54, 1.807) is 7.11 Å². The van der Waals surface area contributed by atoms with E-state index in [0.717, 1.165) is 18.7 Å². The number of ether oxygens (including phenoxy) is 6. The highest BCUT2D eigenvalue weighted by Crippen LogP contribution is 2.41. The van der Waals surface area contributed by atoms with E-state index in [1.807, 2.05) is 68.5 Å². The Hall–Kier alpha value is -2.14. The summed E-state index contributed by atoms with van der Waals surface area (Å²) in [6, 6.07) is 19.9. The van der Waals surface area contributed by atoms with Gasteiger partial charge in [-0.1, -0.05) is 66.7 Å². The van der Waals surface area contributed by atoms with Crippen molar-refractivity contribution in [1.82, 2.24) is 4.90 Å². The summed E-state index contributed by atoms with van der Waals surface area (Å²) in [5, 5.41) is 11.6. The summed E-state index contributed by atoms with van der Waals surface area (Å²) in [5.74, 6) is -0.662. The van der Waals surface area contributed by atoms with E-state index < -0.39 is 36.7 Å². The van der Waals surface area contributed by atoms with E-state index in [2.05, 4.69) is 17.0 Å². The lowest BCUT2D eigenvalue weighted by Crippen LogP contribution is -2.56. The first-order valence-corrected chi connectivity index (χ1v) is 13.0. The van der Waals surface area contributed by atoms with Crippen molar-refractivity contribution in [2.24, 2.45) is 0 Å². The van der Waals surface area contributed by atoms with Crippen molar-refractivity contribution in [2.45, 2.75) is 75.3 Å². The van der Waals surface area contributed by atoms with Gasteiger partial charge < -0.3 is 33.5 Å². The Bertz CT molecular complexity index is 1090. The van der Waals surface area contributed by atoms with Crippen LogP contribution in [-0.4, -0.2) is 78.9 Å². The molecule has 8 nitrogen and oxygen atoms in total. The summed E-state index contributed by atoms with van der Waals surface area (Å²) >= 11 is 0. The molecular formula is C29H35NO7. The zero-order valence-corrected chi connectivity index (χ0v) is 21.4. The number of methoxy groups -OCH3 is 1. The van der Waals surface area contributed by atoms with Gasteiger partial charge >= 0.3 is 0 Å². The van der Waals surface area contributed by atoms with Crippen LogP contribution in [0.25, 0.3) is 0 Å². The van der Waals surface area contributed by atoms with Crippen LogP contribution in [0.5, 0.6) is 0 Å². The minimum absolute atomic E-state index is 0.0715. The highest BCUT2D eigenvalue weighted by molar-refractivity contribution is 5.25. The van der Waals surface area contributed by atoms with E-state index in [9.17, 15) is 5.11 Å². The summed E-state index contributed by atoms with van der Waals surface area (Å²) in [5.41, 5.74) is 2.74. The molecule has 0 amide bonds. The highest BCUT2D eigenvalue weighted by Gasteiger charge is 2.53. The van der Waals surface area contributed by atoms with Gasteiger partial charge in [-0.25, -0.2) is 0 Å². The average molecular weight is 510 g/mol. The third-order valence-corrected chi connectivity index (χ3v) is 7.55. The first-order valence-electron chi connectivity index (χ1n) is 13.0. The topological polar surface area (TPSA) is 78.9 Å². The van der Waals surface area contributed by atoms with Crippen molar-refractivity contribution in [3.05, 3.63) is 83.4 Å². The number of hydrogen-bond donors (Lipinski definition) is 1. The third-order valence-electron chi connectivity index (χ3n) is 7.55. The van der Waals surface area contributed by atoms with Crippen LogP contribution in [0.2, 0.25) is 0 Å². The van der Waals surface area contributed by atoms with E-state index in [0.29, 0.717) is 12.2 Å². The molecule has 2 aromatic carbocycles. The van der Waals surface area contributed by atoms with Gasteiger partial charge in [-0.3, -0.25) is 4.90 Å². The van der Waals surface area contributed by atoms with E-state index in [-0.39, 0.29) is 18.2 Å². The number of likely N-dealkylation sites (tertiary alicyclic amines) is 1. The predicted molar refractivity (Wildman–Crippen MR) is 134 cm³/mol. The molecule has 198 valence electrons. The zero-order valence-electron chi connectivity index (χ0n) is 21.4. The second kappa shape index (κ2) is 10.2. The van der Waals surface area contributed by atoms with Gasteiger partial charge in [0.15, 0.2) is 18.4 Å². The molecule has 0 unspecified atom stereocenters. The molecule has 4 heterocycles. The first-order chi connectivity index (χ1) is 17.9. The number of nitrogens with zero attached hydrogens (tertiary/aromatic N) is 1. The number of aliphatic hydroxyl groups excluding tert-OH is 1. The number of fused-ring (bicyclic) bond motifs is 2. The number of rotatable bonds is 5. The maximum Gasteiger partial charge on any atom is 0.184 e. The number of benzene rings is 2. The molecule has 0 bridgehead atoms. The number of hydrogen-bond acceptors (Lipinski definition) is 8. The fraction of sp³-hybridized carbons (Fsp3) is 0.517. The van der Waals surface area contributed by atoms with Crippen LogP contribution in [-0.2, 0) is 35.0 Å². The Morgan fingerprint density at radius 1 is 0.973 bits per heavy atom. The van der Waals surface area contributed by atoms with E-state index in [4.69, 9.17) is 28.4 Å². The molecule has 4 saturated heterocycles. The Balaban J connectivity index is 1.29. The average Bonchev–Trinajstić information content (AvgIpc) is 3.37. The first kappa shape index (κ1) is 25.2. The van der Waals surface area contributed by atoms with Gasteiger partial charge in [0.2, 0.25) is 0 Å². The molecular weight excluding hydrogens is 474 g/mol. The molecule has 0 saturated carbocycles. The van der Waals surface area contributed by atoms with Gasteiger partial charge in [0.25, 0.3) is 0 Å². The molecule has 4 fully saturated rings. The van der Waals surface area contributed by atoms with Crippen molar-refractivity contribution >= 4 is 0 Å². The maximum atomic E-state index is 11.6. The standard InChI is InChI=1S/C29H35NO7/c1-29(2)36-22-16-30(15-18-10-6-4-7-11-18)21(25(22)37-29)14-20-24(31)26-23(34-28(20)32-3)17-33-27(35-26)19-12-8-5-9-13-19/h4-14,21-28,31H,15-17H2,1-3H3/b20-14+/t21-,22+,23-,24-,25-,26-,27-,28+/m1/s1. The monoisotopic (exact) mass is 509 g/mol. The molecule has 8 heteroatoms. The van der Waals surface area contributed by atoms with Crippen molar-refractivity contribution in [3.63, 3.8) is 0 Å². The van der Waals surface area contributed by atoms with Gasteiger partial charge in [0.05, 0.1) is 12.6 Å². The molecule has 0 radical (unpaired) electrons. The molecule has 37 heavy (non-hydrogen) atoms. The van der Waals surface area contributed by atoms with Crippen LogP contribution in [0, 0.1) is 0 Å². The van der Waals surface area contributed by atoms with Crippen LogP contribution in [0.15, 0.2) is 72.3 Å². The van der Waals surface area contributed by atoms with Crippen LogP contribution in [0.3, 0.4) is 0 Å². The van der Waals surface area contributed by atoms with Crippen LogP contribution in [0.1, 0.15) is 31.3 Å². The minimum atomic E-state index is -0.924. The smallest absolute Gasteiger partial charge is 0.184 e. The van der Waals surface area contributed by atoms with Crippen molar-refractivity contribution in [1.29, 1.82) is 0 Å². The lowest BCUT2D eigenvalue weighted by molar-refractivity contribution is -0.318. The third kappa shape index (κ3) is 5.01. The van der Waals surface area contributed by atoms with E-state index in [1.165, 1.54) is 5.56 Å². The number of aliphatic hydroxyl groups is 1.